The van der Waals surface area contributed by atoms with Gasteiger partial charge >= 0.3 is 12.4 Å². The molecule has 0 saturated carbocycles. The lowest BCUT2D eigenvalue weighted by Crippen LogP contribution is -2.15. The molecule has 0 fully saturated rings. The first kappa shape index (κ1) is 22.1. The Kier molecular flexibility index (Phi) is 6.36. The van der Waals surface area contributed by atoms with Crippen LogP contribution in [0.1, 0.15) is 11.3 Å². The minimum Gasteiger partial charge on any atom is -0.325 e. The van der Waals surface area contributed by atoms with Gasteiger partial charge in [-0.3, -0.25) is 4.79 Å². The number of carbonyl (C=O) groups is 1. The Morgan fingerprint density at radius 3 is 2.27 bits per heavy atom. The van der Waals surface area contributed by atoms with Crippen LogP contribution in [-0.2, 0) is 17.1 Å². The molecule has 0 aliphatic heterocycles. The molecule has 3 rings (SSSR count). The molecule has 2 aromatic heterocycles. The largest absolute Gasteiger partial charge is 0.433 e. The average molecular weight is 463 g/mol. The molecule has 0 aliphatic rings. The highest BCUT2D eigenvalue weighted by molar-refractivity contribution is 7.99. The van der Waals surface area contributed by atoms with Crippen LogP contribution in [0.25, 0.3) is 10.6 Å². The maximum Gasteiger partial charge on any atom is 0.433 e. The first-order valence-electron chi connectivity index (χ1n) is 8.12. The molecule has 0 unspecified atom stereocenters. The zero-order chi connectivity index (χ0) is 21.9. The maximum atomic E-state index is 13.1. The van der Waals surface area contributed by atoms with E-state index in [2.05, 4.69) is 15.3 Å². The lowest BCUT2D eigenvalue weighted by molar-refractivity contribution is -0.141. The van der Waals surface area contributed by atoms with E-state index in [1.165, 1.54) is 11.3 Å². The van der Waals surface area contributed by atoms with Gasteiger partial charge in [-0.15, -0.1) is 11.3 Å². The number of hydrogen-bond acceptors (Lipinski definition) is 5. The number of thiophene rings is 1. The number of thioether (sulfide) groups is 1. The van der Waals surface area contributed by atoms with Crippen molar-refractivity contribution in [1.29, 1.82) is 0 Å². The van der Waals surface area contributed by atoms with Gasteiger partial charge < -0.3 is 5.32 Å². The summed E-state index contributed by atoms with van der Waals surface area (Å²) in [4.78, 5) is 20.1. The van der Waals surface area contributed by atoms with Gasteiger partial charge in [0.15, 0.2) is 5.16 Å². The van der Waals surface area contributed by atoms with Crippen LogP contribution in [0.15, 0.2) is 53.0 Å². The summed E-state index contributed by atoms with van der Waals surface area (Å²) in [6, 6.07) is 7.90. The molecule has 0 aliphatic carbocycles. The second-order valence-electron chi connectivity index (χ2n) is 5.81. The third-order valence-corrected chi connectivity index (χ3v) is 5.34. The molecule has 1 aromatic carbocycles. The van der Waals surface area contributed by atoms with Crippen molar-refractivity contribution in [2.45, 2.75) is 17.5 Å². The molecule has 158 valence electrons. The van der Waals surface area contributed by atoms with Crippen LogP contribution in [0.3, 0.4) is 0 Å². The van der Waals surface area contributed by atoms with Gasteiger partial charge in [0, 0.05) is 5.69 Å². The normalized spacial score (nSPS) is 12.1. The Bertz CT molecular complexity index is 1020. The van der Waals surface area contributed by atoms with Crippen molar-refractivity contribution in [3.8, 4) is 10.6 Å². The van der Waals surface area contributed by atoms with E-state index in [1.54, 1.807) is 17.5 Å². The number of alkyl halides is 6. The lowest BCUT2D eigenvalue weighted by Gasteiger charge is -2.10. The fraction of sp³-hybridized carbons (Fsp3) is 0.167. The number of amides is 1. The van der Waals surface area contributed by atoms with Gasteiger partial charge in [0.2, 0.25) is 5.91 Å². The summed E-state index contributed by atoms with van der Waals surface area (Å²) < 4.78 is 77.1. The van der Waals surface area contributed by atoms with E-state index >= 15 is 0 Å². The molecule has 12 heteroatoms. The summed E-state index contributed by atoms with van der Waals surface area (Å²) in [7, 11) is 0. The summed E-state index contributed by atoms with van der Waals surface area (Å²) in [6.07, 6.45) is -9.19. The summed E-state index contributed by atoms with van der Waals surface area (Å²) in [6.45, 7) is 0. The molecule has 0 spiro atoms. The number of rotatable bonds is 5. The van der Waals surface area contributed by atoms with Crippen molar-refractivity contribution >= 4 is 34.7 Å². The number of anilines is 1. The fourth-order valence-corrected chi connectivity index (χ4v) is 3.60. The van der Waals surface area contributed by atoms with E-state index in [0.717, 1.165) is 30.3 Å². The van der Waals surface area contributed by atoms with Crippen LogP contribution in [0.4, 0.5) is 32.0 Å². The number of carbonyl (C=O) groups excluding carboxylic acids is 1. The molecule has 1 amide bonds. The second kappa shape index (κ2) is 8.64. The van der Waals surface area contributed by atoms with Gasteiger partial charge in [0.1, 0.15) is 5.69 Å². The van der Waals surface area contributed by atoms with E-state index in [0.29, 0.717) is 16.6 Å². The van der Waals surface area contributed by atoms with Gasteiger partial charge in [-0.2, -0.15) is 26.3 Å². The minimum absolute atomic E-state index is 0.0815. The van der Waals surface area contributed by atoms with Gasteiger partial charge in [-0.25, -0.2) is 9.97 Å². The Morgan fingerprint density at radius 1 is 1.00 bits per heavy atom. The smallest absolute Gasteiger partial charge is 0.325 e. The summed E-state index contributed by atoms with van der Waals surface area (Å²) in [5.41, 5.74) is -1.80. The summed E-state index contributed by atoms with van der Waals surface area (Å²) in [5, 5.41) is 3.82. The molecule has 0 radical (unpaired) electrons. The second-order valence-corrected chi connectivity index (χ2v) is 7.70. The van der Waals surface area contributed by atoms with Crippen LogP contribution in [0.5, 0.6) is 0 Å². The molecule has 4 nitrogen and oxygen atoms in total. The summed E-state index contributed by atoms with van der Waals surface area (Å²) in [5.74, 6) is -0.954. The predicted octanol–water partition coefficient (Wildman–Crippen LogP) is 5.97. The Balaban J connectivity index is 1.70. The van der Waals surface area contributed by atoms with Crippen LogP contribution < -0.4 is 5.32 Å². The number of aromatic nitrogens is 2. The number of nitrogens with zero attached hydrogens (tertiary/aromatic N) is 2. The Morgan fingerprint density at radius 2 is 1.70 bits per heavy atom. The minimum atomic E-state index is -4.69. The zero-order valence-corrected chi connectivity index (χ0v) is 16.3. The topological polar surface area (TPSA) is 54.9 Å². The van der Waals surface area contributed by atoms with Gasteiger partial charge in [-0.05, 0) is 41.8 Å². The maximum absolute atomic E-state index is 13.1. The van der Waals surface area contributed by atoms with E-state index in [1.807, 2.05) is 0 Å². The number of nitrogens with one attached hydrogen (secondary N) is 1. The molecular weight excluding hydrogens is 452 g/mol. The molecule has 0 atom stereocenters. The van der Waals surface area contributed by atoms with Crippen molar-refractivity contribution in [3.05, 3.63) is 59.1 Å². The molecule has 1 N–H and O–H groups in total. The number of benzene rings is 1. The zero-order valence-electron chi connectivity index (χ0n) is 14.7. The standard InChI is InChI=1S/C18H11F6N3OS2/c19-17(20,21)10-3-5-11(6-4-10)25-15(28)9-30-16-26-12(13-2-1-7-29-13)8-14(27-16)18(22,23)24/h1-8H,9H2,(H,25,28). The predicted molar refractivity (Wildman–Crippen MR) is 101 cm³/mol. The first-order valence-corrected chi connectivity index (χ1v) is 9.99. The number of halogens is 6. The lowest BCUT2D eigenvalue weighted by atomic mass is 10.2. The van der Waals surface area contributed by atoms with Gasteiger partial charge in [0.25, 0.3) is 0 Å². The van der Waals surface area contributed by atoms with Crippen molar-refractivity contribution in [1.82, 2.24) is 9.97 Å². The van der Waals surface area contributed by atoms with Crippen LogP contribution in [0.2, 0.25) is 0 Å². The molecule has 30 heavy (non-hydrogen) atoms. The molecule has 0 bridgehead atoms. The fourth-order valence-electron chi connectivity index (χ4n) is 2.26. The quantitative estimate of drug-likeness (QED) is 0.288. The highest BCUT2D eigenvalue weighted by atomic mass is 32.2. The third-order valence-electron chi connectivity index (χ3n) is 3.60. The van der Waals surface area contributed by atoms with E-state index in [-0.39, 0.29) is 22.3 Å². The Labute approximate surface area is 174 Å². The first-order chi connectivity index (χ1) is 14.0. The highest BCUT2D eigenvalue weighted by Crippen LogP contribution is 2.33. The van der Waals surface area contributed by atoms with E-state index < -0.39 is 29.5 Å². The Hall–Kier alpha value is -2.60. The van der Waals surface area contributed by atoms with Crippen molar-refractivity contribution in [2.24, 2.45) is 0 Å². The van der Waals surface area contributed by atoms with Gasteiger partial charge in [0.05, 0.1) is 21.9 Å². The van der Waals surface area contributed by atoms with Gasteiger partial charge in [-0.1, -0.05) is 17.8 Å². The summed E-state index contributed by atoms with van der Waals surface area (Å²) >= 11 is 1.89. The van der Waals surface area contributed by atoms with E-state index in [4.69, 9.17) is 0 Å². The van der Waals surface area contributed by atoms with Crippen LogP contribution >= 0.6 is 23.1 Å². The van der Waals surface area contributed by atoms with Crippen LogP contribution in [-0.4, -0.2) is 21.6 Å². The third kappa shape index (κ3) is 5.72. The SMILES string of the molecule is O=C(CSc1nc(-c2cccs2)cc(C(F)(F)F)n1)Nc1ccc(C(F)(F)F)cc1. The molecule has 3 aromatic rings. The van der Waals surface area contributed by atoms with Crippen LogP contribution in [0, 0.1) is 0 Å². The average Bonchev–Trinajstić information content (AvgIpc) is 3.20. The molecular formula is C18H11F6N3OS2. The highest BCUT2D eigenvalue weighted by Gasteiger charge is 2.34. The van der Waals surface area contributed by atoms with E-state index in [9.17, 15) is 31.1 Å². The van der Waals surface area contributed by atoms with Crippen molar-refractivity contribution in [3.63, 3.8) is 0 Å². The monoisotopic (exact) mass is 463 g/mol. The molecule has 2 heterocycles. The number of hydrogen-bond donors (Lipinski definition) is 1. The molecule has 0 saturated heterocycles. The van der Waals surface area contributed by atoms with Crippen molar-refractivity contribution in [2.75, 3.05) is 11.1 Å². The van der Waals surface area contributed by atoms with Crippen molar-refractivity contribution < 1.29 is 31.1 Å².